The van der Waals surface area contributed by atoms with Crippen LogP contribution in [0, 0.1) is 0 Å². The molecule has 5 heteroatoms. The van der Waals surface area contributed by atoms with E-state index in [1.807, 2.05) is 6.07 Å². The summed E-state index contributed by atoms with van der Waals surface area (Å²) in [6.07, 6.45) is 0.280. The van der Waals surface area contributed by atoms with Crippen molar-refractivity contribution in [2.45, 2.75) is 6.42 Å². The number of halogens is 1. The molecule has 86 valence electrons. The highest BCUT2D eigenvalue weighted by molar-refractivity contribution is 9.09. The van der Waals surface area contributed by atoms with Crippen molar-refractivity contribution in [1.82, 2.24) is 0 Å². The highest BCUT2D eigenvalue weighted by Crippen LogP contribution is 2.14. The number of carboxylic acid groups (broad SMARTS) is 1. The molecule has 0 saturated heterocycles. The van der Waals surface area contributed by atoms with Crippen LogP contribution in [-0.4, -0.2) is 28.9 Å². The summed E-state index contributed by atoms with van der Waals surface area (Å²) in [5, 5.41) is 9.28. The van der Waals surface area contributed by atoms with E-state index in [-0.39, 0.29) is 18.9 Å². The number of para-hydroxylation sites is 1. The van der Waals surface area contributed by atoms with Crippen LogP contribution in [0.2, 0.25) is 0 Å². The second-order valence-electron chi connectivity index (χ2n) is 3.15. The standard InChI is InChI=1S/C11H12BrNO3/c12-7-6-10(14)13(8-11(15)16)9-4-2-1-3-5-9/h1-5H,6-8H2,(H,15,16). The van der Waals surface area contributed by atoms with E-state index in [1.165, 1.54) is 4.90 Å². The number of nitrogens with zero attached hydrogens (tertiary/aromatic N) is 1. The number of hydrogen-bond acceptors (Lipinski definition) is 2. The summed E-state index contributed by atoms with van der Waals surface area (Å²) < 4.78 is 0. The van der Waals surface area contributed by atoms with Crippen LogP contribution >= 0.6 is 15.9 Å². The Morgan fingerprint density at radius 1 is 1.25 bits per heavy atom. The zero-order chi connectivity index (χ0) is 12.0. The molecule has 0 saturated carbocycles. The summed E-state index contributed by atoms with van der Waals surface area (Å²) in [4.78, 5) is 23.7. The number of anilines is 1. The zero-order valence-corrected chi connectivity index (χ0v) is 10.2. The van der Waals surface area contributed by atoms with Crippen LogP contribution in [0.1, 0.15) is 6.42 Å². The maximum absolute atomic E-state index is 11.7. The van der Waals surface area contributed by atoms with Crippen LogP contribution < -0.4 is 4.90 Å². The topological polar surface area (TPSA) is 57.6 Å². The first-order valence-corrected chi connectivity index (χ1v) is 5.90. The lowest BCUT2D eigenvalue weighted by Crippen LogP contribution is -2.35. The van der Waals surface area contributed by atoms with Gasteiger partial charge in [0, 0.05) is 17.4 Å². The molecular weight excluding hydrogens is 274 g/mol. The van der Waals surface area contributed by atoms with Gasteiger partial charge in [0.25, 0.3) is 0 Å². The van der Waals surface area contributed by atoms with Gasteiger partial charge in [0.2, 0.25) is 5.91 Å². The maximum Gasteiger partial charge on any atom is 0.323 e. The molecule has 16 heavy (non-hydrogen) atoms. The summed E-state index contributed by atoms with van der Waals surface area (Å²) in [7, 11) is 0. The van der Waals surface area contributed by atoms with Crippen molar-refractivity contribution in [3.05, 3.63) is 30.3 Å². The van der Waals surface area contributed by atoms with Gasteiger partial charge in [-0.2, -0.15) is 0 Å². The summed E-state index contributed by atoms with van der Waals surface area (Å²) in [5.41, 5.74) is 0.607. The number of alkyl halides is 1. The minimum absolute atomic E-state index is 0.203. The van der Waals surface area contributed by atoms with Gasteiger partial charge in [0.15, 0.2) is 0 Å². The second-order valence-corrected chi connectivity index (χ2v) is 3.94. The summed E-state index contributed by atoms with van der Waals surface area (Å²) >= 11 is 3.16. The first-order chi connectivity index (χ1) is 7.65. The molecule has 1 amide bonds. The minimum atomic E-state index is -1.02. The summed E-state index contributed by atoms with van der Waals surface area (Å²) in [5.74, 6) is -1.22. The highest BCUT2D eigenvalue weighted by Gasteiger charge is 2.17. The molecule has 0 bridgehead atoms. The van der Waals surface area contributed by atoms with Crippen LogP contribution in [-0.2, 0) is 9.59 Å². The van der Waals surface area contributed by atoms with Crippen LogP contribution in [0.4, 0.5) is 5.69 Å². The summed E-state index contributed by atoms with van der Waals surface area (Å²) in [6, 6.07) is 8.79. The lowest BCUT2D eigenvalue weighted by atomic mass is 10.2. The smallest absolute Gasteiger partial charge is 0.323 e. The van der Waals surface area contributed by atoms with Crippen molar-refractivity contribution in [1.29, 1.82) is 0 Å². The maximum atomic E-state index is 11.7. The van der Waals surface area contributed by atoms with Gasteiger partial charge in [-0.1, -0.05) is 34.1 Å². The van der Waals surface area contributed by atoms with Gasteiger partial charge < -0.3 is 10.0 Å². The monoisotopic (exact) mass is 285 g/mol. The van der Waals surface area contributed by atoms with E-state index < -0.39 is 5.97 Å². The Labute approximate surface area is 102 Å². The number of hydrogen-bond donors (Lipinski definition) is 1. The molecule has 1 aromatic carbocycles. The zero-order valence-electron chi connectivity index (χ0n) is 8.60. The molecule has 4 nitrogen and oxygen atoms in total. The Kier molecular flexibility index (Phi) is 4.98. The fourth-order valence-corrected chi connectivity index (χ4v) is 1.62. The van der Waals surface area contributed by atoms with E-state index in [1.54, 1.807) is 24.3 Å². The molecule has 1 N–H and O–H groups in total. The third kappa shape index (κ3) is 3.66. The number of amides is 1. The first kappa shape index (κ1) is 12.7. The Morgan fingerprint density at radius 2 is 1.88 bits per heavy atom. The van der Waals surface area contributed by atoms with Crippen molar-refractivity contribution in [2.75, 3.05) is 16.8 Å². The van der Waals surface area contributed by atoms with E-state index in [2.05, 4.69) is 15.9 Å². The molecule has 0 fully saturated rings. The van der Waals surface area contributed by atoms with Crippen molar-refractivity contribution in [3.8, 4) is 0 Å². The number of benzene rings is 1. The quantitative estimate of drug-likeness (QED) is 0.841. The minimum Gasteiger partial charge on any atom is -0.480 e. The Hall–Kier alpha value is -1.36. The molecule has 0 aliphatic heterocycles. The third-order valence-corrected chi connectivity index (χ3v) is 2.37. The molecule has 0 atom stereocenters. The van der Waals surface area contributed by atoms with E-state index in [9.17, 15) is 9.59 Å². The van der Waals surface area contributed by atoms with Crippen molar-refractivity contribution in [2.24, 2.45) is 0 Å². The Bertz CT molecular complexity index is 367. The molecule has 0 aromatic heterocycles. The number of carbonyl (C=O) groups excluding carboxylic acids is 1. The van der Waals surface area contributed by atoms with Gasteiger partial charge >= 0.3 is 5.97 Å². The lowest BCUT2D eigenvalue weighted by Gasteiger charge is -2.20. The van der Waals surface area contributed by atoms with Gasteiger partial charge in [0.1, 0.15) is 6.54 Å². The molecule has 0 spiro atoms. The largest absolute Gasteiger partial charge is 0.480 e. The number of rotatable bonds is 5. The molecule has 0 radical (unpaired) electrons. The third-order valence-electron chi connectivity index (χ3n) is 1.97. The molecule has 0 heterocycles. The highest BCUT2D eigenvalue weighted by atomic mass is 79.9. The van der Waals surface area contributed by atoms with E-state index in [0.717, 1.165) is 0 Å². The fraction of sp³-hybridized carbons (Fsp3) is 0.273. The second kappa shape index (κ2) is 6.27. The normalized spacial score (nSPS) is 9.81. The van der Waals surface area contributed by atoms with Gasteiger partial charge in [-0.05, 0) is 12.1 Å². The van der Waals surface area contributed by atoms with Gasteiger partial charge in [-0.25, -0.2) is 0 Å². The van der Waals surface area contributed by atoms with E-state index in [0.29, 0.717) is 11.0 Å². The molecule has 0 aliphatic carbocycles. The molecule has 1 aromatic rings. The van der Waals surface area contributed by atoms with Gasteiger partial charge in [0.05, 0.1) is 0 Å². The predicted octanol–water partition coefficient (Wildman–Crippen LogP) is 1.89. The number of carbonyl (C=O) groups is 2. The van der Waals surface area contributed by atoms with Crippen LogP contribution in [0.25, 0.3) is 0 Å². The van der Waals surface area contributed by atoms with Crippen molar-refractivity contribution in [3.63, 3.8) is 0 Å². The van der Waals surface area contributed by atoms with Gasteiger partial charge in [-0.15, -0.1) is 0 Å². The average Bonchev–Trinajstić information content (AvgIpc) is 2.27. The van der Waals surface area contributed by atoms with Crippen LogP contribution in [0.15, 0.2) is 30.3 Å². The molecular formula is C11H12BrNO3. The Morgan fingerprint density at radius 3 is 2.38 bits per heavy atom. The first-order valence-electron chi connectivity index (χ1n) is 4.78. The average molecular weight is 286 g/mol. The van der Waals surface area contributed by atoms with Crippen molar-refractivity contribution >= 4 is 33.5 Å². The van der Waals surface area contributed by atoms with Crippen LogP contribution in [0.3, 0.4) is 0 Å². The van der Waals surface area contributed by atoms with E-state index in [4.69, 9.17) is 5.11 Å². The lowest BCUT2D eigenvalue weighted by molar-refractivity contribution is -0.136. The number of aliphatic carboxylic acids is 1. The van der Waals surface area contributed by atoms with Gasteiger partial charge in [-0.3, -0.25) is 9.59 Å². The molecule has 0 aliphatic rings. The molecule has 0 unspecified atom stereocenters. The van der Waals surface area contributed by atoms with Crippen LogP contribution in [0.5, 0.6) is 0 Å². The Balaban J connectivity index is 2.87. The van der Waals surface area contributed by atoms with Crippen molar-refractivity contribution < 1.29 is 14.7 Å². The number of carboxylic acids is 1. The fourth-order valence-electron chi connectivity index (χ4n) is 1.28. The van der Waals surface area contributed by atoms with E-state index >= 15 is 0 Å². The molecule has 1 rings (SSSR count). The summed E-state index contributed by atoms with van der Waals surface area (Å²) in [6.45, 7) is -0.310. The SMILES string of the molecule is O=C(O)CN(C(=O)CCBr)c1ccccc1. The predicted molar refractivity (Wildman–Crippen MR) is 64.8 cm³/mol.